The third kappa shape index (κ3) is 5.00. The predicted octanol–water partition coefficient (Wildman–Crippen LogP) is 4.44. The van der Waals surface area contributed by atoms with E-state index >= 15 is 0 Å². The number of tetrazole rings is 1. The lowest BCUT2D eigenvalue weighted by molar-refractivity contribution is 0.0441. The van der Waals surface area contributed by atoms with E-state index in [1.54, 1.807) is 11.5 Å². The van der Waals surface area contributed by atoms with Crippen molar-refractivity contribution in [2.75, 3.05) is 0 Å². The topological polar surface area (TPSA) is 130 Å². The Hall–Kier alpha value is -3.85. The van der Waals surface area contributed by atoms with E-state index in [9.17, 15) is 15.0 Å². The van der Waals surface area contributed by atoms with Gasteiger partial charge in [0.2, 0.25) is 0 Å². The molecule has 0 aliphatic carbocycles. The number of aliphatic hydroxyl groups is 1. The highest BCUT2D eigenvalue weighted by atomic mass is 16.4. The molecule has 4 aromatic rings. The van der Waals surface area contributed by atoms with Crippen LogP contribution >= 0.6 is 0 Å². The minimum atomic E-state index is -1.32. The van der Waals surface area contributed by atoms with E-state index in [1.165, 1.54) is 0 Å². The van der Waals surface area contributed by atoms with E-state index in [0.29, 0.717) is 31.0 Å². The van der Waals surface area contributed by atoms with Gasteiger partial charge in [0.15, 0.2) is 11.5 Å². The van der Waals surface area contributed by atoms with E-state index < -0.39 is 11.6 Å². The van der Waals surface area contributed by atoms with Gasteiger partial charge in [0.05, 0.1) is 0 Å². The SMILES string of the molecule is CCCCc1nc(C(C)(O)CC)c(C(=O)O)n1Cc1ccc(-c2ccccc2-c2nnn[nH]2)cc1. The van der Waals surface area contributed by atoms with Crippen molar-refractivity contribution in [1.82, 2.24) is 30.2 Å². The number of aromatic nitrogens is 6. The van der Waals surface area contributed by atoms with Crippen molar-refractivity contribution in [3.8, 4) is 22.5 Å². The number of hydrogen-bond acceptors (Lipinski definition) is 6. The molecule has 2 aromatic heterocycles. The smallest absolute Gasteiger partial charge is 0.354 e. The van der Waals surface area contributed by atoms with Crippen LogP contribution in [-0.4, -0.2) is 46.4 Å². The maximum atomic E-state index is 12.3. The van der Waals surface area contributed by atoms with Crippen molar-refractivity contribution < 1.29 is 15.0 Å². The summed E-state index contributed by atoms with van der Waals surface area (Å²) in [5, 5.41) is 35.1. The van der Waals surface area contributed by atoms with Gasteiger partial charge in [0, 0.05) is 18.5 Å². The first kappa shape index (κ1) is 24.3. The molecule has 0 saturated heterocycles. The van der Waals surface area contributed by atoms with Crippen molar-refractivity contribution in [2.45, 2.75) is 58.6 Å². The van der Waals surface area contributed by atoms with Crippen LogP contribution < -0.4 is 0 Å². The van der Waals surface area contributed by atoms with E-state index in [2.05, 4.69) is 32.5 Å². The van der Waals surface area contributed by atoms with E-state index in [0.717, 1.165) is 35.1 Å². The quantitative estimate of drug-likeness (QED) is 0.310. The molecule has 0 amide bonds. The average molecular weight is 475 g/mol. The number of H-pyrrole nitrogens is 1. The first-order valence-electron chi connectivity index (χ1n) is 11.8. The molecule has 4 rings (SSSR count). The minimum absolute atomic E-state index is 0.0511. The lowest BCUT2D eigenvalue weighted by Crippen LogP contribution is -2.24. The van der Waals surface area contributed by atoms with Gasteiger partial charge in [0.25, 0.3) is 0 Å². The van der Waals surface area contributed by atoms with Gasteiger partial charge in [-0.1, -0.05) is 68.8 Å². The van der Waals surface area contributed by atoms with Crippen LogP contribution in [0.15, 0.2) is 48.5 Å². The predicted molar refractivity (Wildman–Crippen MR) is 132 cm³/mol. The minimum Gasteiger partial charge on any atom is -0.477 e. The number of aryl methyl sites for hydroxylation is 1. The molecular weight excluding hydrogens is 444 g/mol. The fourth-order valence-electron chi connectivity index (χ4n) is 4.14. The van der Waals surface area contributed by atoms with Crippen LogP contribution in [0.4, 0.5) is 0 Å². The summed E-state index contributed by atoms with van der Waals surface area (Å²) in [6, 6.07) is 15.8. The standard InChI is InChI=1S/C26H30N6O3/c1-4-6-11-21-27-23(26(3,35)5-2)22(25(33)34)32(21)16-17-12-14-18(15-13-17)19-9-7-8-10-20(19)24-28-30-31-29-24/h7-10,12-15,35H,4-6,11,16H2,1-3H3,(H,33,34)(H,28,29,30,31). The number of aromatic carboxylic acids is 1. The number of carbonyl (C=O) groups is 1. The molecule has 1 atom stereocenters. The first-order chi connectivity index (χ1) is 16.9. The number of carboxylic acid groups (broad SMARTS) is 1. The summed E-state index contributed by atoms with van der Waals surface area (Å²) < 4.78 is 1.74. The Morgan fingerprint density at radius 1 is 1.09 bits per heavy atom. The molecule has 3 N–H and O–H groups in total. The molecule has 9 nitrogen and oxygen atoms in total. The monoisotopic (exact) mass is 474 g/mol. The number of imidazole rings is 1. The Bertz CT molecular complexity index is 1290. The zero-order valence-electron chi connectivity index (χ0n) is 20.2. The summed E-state index contributed by atoms with van der Waals surface area (Å²) >= 11 is 0. The third-order valence-electron chi connectivity index (χ3n) is 6.33. The van der Waals surface area contributed by atoms with Gasteiger partial charge in [-0.05, 0) is 46.9 Å². The van der Waals surface area contributed by atoms with Gasteiger partial charge in [-0.15, -0.1) is 5.10 Å². The molecule has 2 aromatic carbocycles. The number of nitrogens with zero attached hydrogens (tertiary/aromatic N) is 5. The summed E-state index contributed by atoms with van der Waals surface area (Å²) in [5.74, 6) is 0.181. The number of nitrogens with one attached hydrogen (secondary N) is 1. The number of hydrogen-bond donors (Lipinski definition) is 3. The fourth-order valence-corrected chi connectivity index (χ4v) is 4.14. The summed E-state index contributed by atoms with van der Waals surface area (Å²) in [5.41, 5.74) is 2.76. The summed E-state index contributed by atoms with van der Waals surface area (Å²) in [4.78, 5) is 16.9. The second-order valence-corrected chi connectivity index (χ2v) is 8.84. The van der Waals surface area contributed by atoms with Gasteiger partial charge in [-0.3, -0.25) is 0 Å². The van der Waals surface area contributed by atoms with Crippen LogP contribution in [-0.2, 0) is 18.6 Å². The summed E-state index contributed by atoms with van der Waals surface area (Å²) in [6.45, 7) is 5.87. The molecule has 0 spiro atoms. The zero-order chi connectivity index (χ0) is 25.0. The highest BCUT2D eigenvalue weighted by Crippen LogP contribution is 2.31. The third-order valence-corrected chi connectivity index (χ3v) is 6.33. The van der Waals surface area contributed by atoms with E-state index in [-0.39, 0.29) is 11.4 Å². The van der Waals surface area contributed by atoms with Crippen molar-refractivity contribution in [3.63, 3.8) is 0 Å². The molecule has 0 fully saturated rings. The lowest BCUT2D eigenvalue weighted by atomic mass is 9.97. The number of rotatable bonds is 10. The Balaban J connectivity index is 1.71. The van der Waals surface area contributed by atoms with Crippen molar-refractivity contribution in [2.24, 2.45) is 0 Å². The second-order valence-electron chi connectivity index (χ2n) is 8.84. The van der Waals surface area contributed by atoms with Crippen LogP contribution in [0.5, 0.6) is 0 Å². The summed E-state index contributed by atoms with van der Waals surface area (Å²) in [7, 11) is 0. The van der Waals surface area contributed by atoms with Crippen LogP contribution in [0.1, 0.15) is 67.6 Å². The number of unbranched alkanes of at least 4 members (excludes halogenated alkanes) is 1. The van der Waals surface area contributed by atoms with Crippen LogP contribution in [0.25, 0.3) is 22.5 Å². The van der Waals surface area contributed by atoms with Gasteiger partial charge in [-0.2, -0.15) is 0 Å². The molecule has 0 saturated carbocycles. The molecule has 0 radical (unpaired) electrons. The highest BCUT2D eigenvalue weighted by molar-refractivity contribution is 5.87. The normalized spacial score (nSPS) is 13.0. The molecule has 0 aliphatic rings. The highest BCUT2D eigenvalue weighted by Gasteiger charge is 2.33. The van der Waals surface area contributed by atoms with E-state index in [1.807, 2.05) is 55.5 Å². The van der Waals surface area contributed by atoms with Crippen LogP contribution in [0.2, 0.25) is 0 Å². The van der Waals surface area contributed by atoms with Crippen LogP contribution in [0, 0.1) is 0 Å². The Kier molecular flexibility index (Phi) is 7.07. The Morgan fingerprint density at radius 3 is 2.40 bits per heavy atom. The van der Waals surface area contributed by atoms with E-state index in [4.69, 9.17) is 0 Å². The molecule has 1 unspecified atom stereocenters. The van der Waals surface area contributed by atoms with Crippen molar-refractivity contribution in [1.29, 1.82) is 0 Å². The number of aromatic amines is 1. The maximum Gasteiger partial charge on any atom is 0.354 e. The lowest BCUT2D eigenvalue weighted by Gasteiger charge is -2.20. The first-order valence-corrected chi connectivity index (χ1v) is 11.8. The molecule has 9 heteroatoms. The molecule has 0 bridgehead atoms. The van der Waals surface area contributed by atoms with Crippen molar-refractivity contribution >= 4 is 5.97 Å². The molecule has 182 valence electrons. The fraction of sp³-hybridized carbons (Fsp3) is 0.346. The molecule has 2 heterocycles. The average Bonchev–Trinajstić information content (AvgIpc) is 3.52. The van der Waals surface area contributed by atoms with Gasteiger partial charge in [0.1, 0.15) is 17.1 Å². The van der Waals surface area contributed by atoms with Gasteiger partial charge >= 0.3 is 5.97 Å². The maximum absolute atomic E-state index is 12.3. The molecular formula is C26H30N6O3. The number of carboxylic acids is 1. The van der Waals surface area contributed by atoms with Crippen molar-refractivity contribution in [3.05, 3.63) is 71.3 Å². The Labute approximate surface area is 203 Å². The van der Waals surface area contributed by atoms with Gasteiger partial charge < -0.3 is 14.8 Å². The summed E-state index contributed by atoms with van der Waals surface area (Å²) in [6.07, 6.45) is 2.86. The largest absolute Gasteiger partial charge is 0.477 e. The molecule has 0 aliphatic heterocycles. The van der Waals surface area contributed by atoms with Gasteiger partial charge in [-0.25, -0.2) is 14.9 Å². The number of benzene rings is 2. The molecule has 35 heavy (non-hydrogen) atoms. The second kappa shape index (κ2) is 10.2. The van der Waals surface area contributed by atoms with Crippen LogP contribution in [0.3, 0.4) is 0 Å². The Morgan fingerprint density at radius 2 is 1.80 bits per heavy atom. The zero-order valence-corrected chi connectivity index (χ0v) is 20.2.